The Morgan fingerprint density at radius 2 is 2.05 bits per heavy atom. The maximum absolute atomic E-state index is 10.5. The maximum atomic E-state index is 10.5. The van der Waals surface area contributed by atoms with Crippen LogP contribution in [0.2, 0.25) is 0 Å². The lowest BCUT2D eigenvalue weighted by molar-refractivity contribution is 0.213. The zero-order chi connectivity index (χ0) is 13.2. The van der Waals surface area contributed by atoms with Gasteiger partial charge in [-0.1, -0.05) is 30.3 Å². The van der Waals surface area contributed by atoms with Crippen molar-refractivity contribution >= 4 is 0 Å². The average Bonchev–Trinajstić information content (AvgIpc) is 2.95. The van der Waals surface area contributed by atoms with Gasteiger partial charge in [0.15, 0.2) is 0 Å². The predicted molar refractivity (Wildman–Crippen MR) is 70.9 cm³/mol. The number of hydrogen-bond donors (Lipinski definition) is 1. The summed E-state index contributed by atoms with van der Waals surface area (Å²) >= 11 is 0. The molecule has 3 heteroatoms. The Labute approximate surface area is 111 Å². The minimum atomic E-state index is -0.763. The molecule has 3 nitrogen and oxygen atoms in total. The molecule has 1 heterocycles. The number of benzene rings is 2. The van der Waals surface area contributed by atoms with Crippen LogP contribution in [0.25, 0.3) is 0 Å². The van der Waals surface area contributed by atoms with Crippen LogP contribution in [0.5, 0.6) is 5.75 Å². The summed E-state index contributed by atoms with van der Waals surface area (Å²) < 4.78 is 5.60. The molecule has 0 saturated heterocycles. The number of para-hydroxylation sites is 1. The van der Waals surface area contributed by atoms with E-state index < -0.39 is 6.10 Å². The highest BCUT2D eigenvalue weighted by molar-refractivity contribution is 5.48. The number of aliphatic hydroxyl groups excluding tert-OH is 1. The smallest absolute Gasteiger partial charge is 0.128 e. The third-order valence-corrected chi connectivity index (χ3v) is 3.37. The van der Waals surface area contributed by atoms with Gasteiger partial charge in [0.05, 0.1) is 18.2 Å². The molecule has 0 spiro atoms. The standard InChI is InChI=1S/C16H13NO2/c17-10-11-3-1-5-13(9-11)15(18)14-6-2-4-12-7-8-19-16(12)14/h1-6,9,15,18H,7-8H2. The van der Waals surface area contributed by atoms with Crippen molar-refractivity contribution < 1.29 is 9.84 Å². The lowest BCUT2D eigenvalue weighted by Gasteiger charge is -2.15. The molecule has 2 aromatic carbocycles. The quantitative estimate of drug-likeness (QED) is 0.892. The van der Waals surface area contributed by atoms with Crippen LogP contribution in [-0.4, -0.2) is 11.7 Å². The molecule has 0 amide bonds. The van der Waals surface area contributed by atoms with Crippen molar-refractivity contribution in [2.75, 3.05) is 6.61 Å². The van der Waals surface area contributed by atoms with E-state index in [2.05, 4.69) is 6.07 Å². The Balaban J connectivity index is 2.03. The third-order valence-electron chi connectivity index (χ3n) is 3.37. The monoisotopic (exact) mass is 251 g/mol. The highest BCUT2D eigenvalue weighted by atomic mass is 16.5. The molecular weight excluding hydrogens is 238 g/mol. The summed E-state index contributed by atoms with van der Waals surface area (Å²) in [6.45, 7) is 0.664. The molecule has 1 N–H and O–H groups in total. The molecule has 3 rings (SSSR count). The second kappa shape index (κ2) is 4.75. The number of fused-ring (bicyclic) bond motifs is 1. The topological polar surface area (TPSA) is 53.2 Å². The van der Waals surface area contributed by atoms with Crippen molar-refractivity contribution in [3.05, 3.63) is 64.7 Å². The normalized spacial score (nSPS) is 14.3. The first-order valence-electron chi connectivity index (χ1n) is 6.22. The first-order valence-corrected chi connectivity index (χ1v) is 6.22. The van der Waals surface area contributed by atoms with Crippen molar-refractivity contribution in [3.8, 4) is 11.8 Å². The summed E-state index contributed by atoms with van der Waals surface area (Å²) in [7, 11) is 0. The van der Waals surface area contributed by atoms with Crippen molar-refractivity contribution in [2.24, 2.45) is 0 Å². The van der Waals surface area contributed by atoms with Gasteiger partial charge in [-0.2, -0.15) is 5.26 Å². The first kappa shape index (κ1) is 11.8. The first-order chi connectivity index (χ1) is 9.29. The van der Waals surface area contributed by atoms with Crippen molar-refractivity contribution in [1.29, 1.82) is 5.26 Å². The van der Waals surface area contributed by atoms with Crippen LogP contribution in [0.3, 0.4) is 0 Å². The predicted octanol–water partition coefficient (Wildman–Crippen LogP) is 2.57. The molecule has 1 aliphatic rings. The highest BCUT2D eigenvalue weighted by Gasteiger charge is 2.21. The van der Waals surface area contributed by atoms with E-state index in [4.69, 9.17) is 10.00 Å². The van der Waals surface area contributed by atoms with Crippen molar-refractivity contribution in [3.63, 3.8) is 0 Å². The van der Waals surface area contributed by atoms with Gasteiger partial charge in [-0.05, 0) is 23.3 Å². The van der Waals surface area contributed by atoms with Gasteiger partial charge in [0, 0.05) is 12.0 Å². The van der Waals surface area contributed by atoms with E-state index in [9.17, 15) is 5.11 Å². The Morgan fingerprint density at radius 1 is 1.21 bits per heavy atom. The van der Waals surface area contributed by atoms with Gasteiger partial charge in [-0.3, -0.25) is 0 Å². The maximum Gasteiger partial charge on any atom is 0.128 e. The Hall–Kier alpha value is -2.31. The van der Waals surface area contributed by atoms with Crippen LogP contribution < -0.4 is 4.74 Å². The molecule has 0 radical (unpaired) electrons. The summed E-state index contributed by atoms with van der Waals surface area (Å²) in [4.78, 5) is 0. The SMILES string of the molecule is N#Cc1cccc(C(O)c2cccc3c2OCC3)c1. The molecule has 2 aromatic rings. The van der Waals surface area contributed by atoms with E-state index in [0.29, 0.717) is 17.7 Å². The fourth-order valence-corrected chi connectivity index (χ4v) is 2.41. The zero-order valence-electron chi connectivity index (χ0n) is 10.3. The van der Waals surface area contributed by atoms with Crippen LogP contribution in [0, 0.1) is 11.3 Å². The number of hydrogen-bond acceptors (Lipinski definition) is 3. The number of rotatable bonds is 2. The molecule has 94 valence electrons. The number of aliphatic hydroxyl groups is 1. The third kappa shape index (κ3) is 2.07. The van der Waals surface area contributed by atoms with Crippen LogP contribution in [0.15, 0.2) is 42.5 Å². The van der Waals surface area contributed by atoms with E-state index in [1.165, 1.54) is 0 Å². The lowest BCUT2D eigenvalue weighted by Crippen LogP contribution is -2.02. The number of nitriles is 1. The van der Waals surface area contributed by atoms with Gasteiger partial charge in [-0.25, -0.2) is 0 Å². The van der Waals surface area contributed by atoms with Gasteiger partial charge in [0.1, 0.15) is 11.9 Å². The van der Waals surface area contributed by atoms with E-state index >= 15 is 0 Å². The molecule has 0 fully saturated rings. The Morgan fingerprint density at radius 3 is 2.89 bits per heavy atom. The molecule has 0 aliphatic carbocycles. The highest BCUT2D eigenvalue weighted by Crippen LogP contribution is 2.36. The van der Waals surface area contributed by atoms with Gasteiger partial charge in [0.2, 0.25) is 0 Å². The second-order valence-electron chi connectivity index (χ2n) is 4.57. The van der Waals surface area contributed by atoms with Gasteiger partial charge < -0.3 is 9.84 Å². The van der Waals surface area contributed by atoms with Gasteiger partial charge >= 0.3 is 0 Å². The summed E-state index contributed by atoms with van der Waals surface area (Å²) in [5.74, 6) is 0.789. The summed E-state index contributed by atoms with van der Waals surface area (Å²) in [5, 5.41) is 19.4. The van der Waals surface area contributed by atoms with E-state index in [-0.39, 0.29) is 0 Å². The molecule has 1 aliphatic heterocycles. The summed E-state index contributed by atoms with van der Waals surface area (Å²) in [6.07, 6.45) is 0.120. The molecule has 19 heavy (non-hydrogen) atoms. The second-order valence-corrected chi connectivity index (χ2v) is 4.57. The van der Waals surface area contributed by atoms with E-state index in [0.717, 1.165) is 23.3 Å². The van der Waals surface area contributed by atoms with Crippen LogP contribution in [-0.2, 0) is 6.42 Å². The Bertz CT molecular complexity index is 658. The van der Waals surface area contributed by atoms with Crippen molar-refractivity contribution in [2.45, 2.75) is 12.5 Å². The minimum absolute atomic E-state index is 0.546. The summed E-state index contributed by atoms with van der Waals surface area (Å²) in [5.41, 5.74) is 3.16. The van der Waals surface area contributed by atoms with Crippen LogP contribution in [0.4, 0.5) is 0 Å². The average molecular weight is 251 g/mol. The minimum Gasteiger partial charge on any atom is -0.493 e. The number of ether oxygens (including phenoxy) is 1. The van der Waals surface area contributed by atoms with Crippen molar-refractivity contribution in [1.82, 2.24) is 0 Å². The number of nitrogens with zero attached hydrogens (tertiary/aromatic N) is 1. The Kier molecular flexibility index (Phi) is 2.94. The molecule has 0 saturated carbocycles. The van der Waals surface area contributed by atoms with E-state index in [1.807, 2.05) is 24.3 Å². The van der Waals surface area contributed by atoms with Crippen LogP contribution >= 0.6 is 0 Å². The molecule has 0 bridgehead atoms. The zero-order valence-corrected chi connectivity index (χ0v) is 10.3. The molecule has 1 atom stereocenters. The van der Waals surface area contributed by atoms with E-state index in [1.54, 1.807) is 18.2 Å². The largest absolute Gasteiger partial charge is 0.493 e. The van der Waals surface area contributed by atoms with Gasteiger partial charge in [0.25, 0.3) is 0 Å². The van der Waals surface area contributed by atoms with Crippen LogP contribution in [0.1, 0.15) is 28.4 Å². The molecular formula is C16H13NO2. The molecule has 0 aromatic heterocycles. The fraction of sp³-hybridized carbons (Fsp3) is 0.188. The van der Waals surface area contributed by atoms with Gasteiger partial charge in [-0.15, -0.1) is 0 Å². The fourth-order valence-electron chi connectivity index (χ4n) is 2.41. The lowest BCUT2D eigenvalue weighted by atomic mass is 9.97. The summed E-state index contributed by atoms with van der Waals surface area (Å²) in [6, 6.07) is 14.9. The molecule has 1 unspecified atom stereocenters.